The van der Waals surface area contributed by atoms with Gasteiger partial charge in [-0.05, 0) is 36.2 Å². The molecule has 5 nitrogen and oxygen atoms in total. The SMILES string of the molecule is C=CCc1cc(C=NCCN=Cc2ccccc2O)c(O)c(OC)c1. The van der Waals surface area contributed by atoms with Crippen LogP contribution in [-0.4, -0.2) is 42.8 Å². The maximum Gasteiger partial charge on any atom is 0.166 e. The third kappa shape index (κ3) is 5.21. The summed E-state index contributed by atoms with van der Waals surface area (Å²) in [7, 11) is 1.52. The van der Waals surface area contributed by atoms with E-state index in [1.54, 1.807) is 42.8 Å². The Balaban J connectivity index is 1.98. The maximum atomic E-state index is 10.2. The van der Waals surface area contributed by atoms with Crippen molar-refractivity contribution in [2.45, 2.75) is 6.42 Å². The minimum Gasteiger partial charge on any atom is -0.507 e. The Hall–Kier alpha value is -3.08. The highest BCUT2D eigenvalue weighted by atomic mass is 16.5. The van der Waals surface area contributed by atoms with Gasteiger partial charge in [0.2, 0.25) is 0 Å². The van der Waals surface area contributed by atoms with Gasteiger partial charge < -0.3 is 14.9 Å². The number of hydrogen-bond acceptors (Lipinski definition) is 5. The summed E-state index contributed by atoms with van der Waals surface area (Å²) in [6.45, 7) is 4.67. The maximum absolute atomic E-state index is 10.2. The van der Waals surface area contributed by atoms with Crippen LogP contribution in [0.25, 0.3) is 0 Å². The van der Waals surface area contributed by atoms with E-state index in [9.17, 15) is 10.2 Å². The second kappa shape index (κ2) is 9.27. The number of para-hydroxylation sites is 1. The number of aliphatic imine (C=N–C) groups is 2. The van der Waals surface area contributed by atoms with E-state index in [0.29, 0.717) is 36.4 Å². The topological polar surface area (TPSA) is 74.4 Å². The Kier molecular flexibility index (Phi) is 6.77. The van der Waals surface area contributed by atoms with Crippen LogP contribution < -0.4 is 4.74 Å². The van der Waals surface area contributed by atoms with E-state index >= 15 is 0 Å². The first kappa shape index (κ1) is 18.3. The van der Waals surface area contributed by atoms with Gasteiger partial charge in [-0.1, -0.05) is 18.2 Å². The molecular weight excluding hydrogens is 316 g/mol. The molecule has 0 unspecified atom stereocenters. The number of ether oxygens (including phenoxy) is 1. The summed E-state index contributed by atoms with van der Waals surface area (Å²) in [5.74, 6) is 0.681. The van der Waals surface area contributed by atoms with Gasteiger partial charge >= 0.3 is 0 Å². The molecule has 0 aliphatic rings. The standard InChI is InChI=1S/C20H22N2O3/c1-3-6-15-11-17(20(24)19(12-15)25-2)14-22-10-9-21-13-16-7-4-5-8-18(16)23/h3-5,7-8,11-14,23-24H,1,6,9-10H2,2H3. The predicted molar refractivity (Wildman–Crippen MR) is 102 cm³/mol. The third-order valence-corrected chi connectivity index (χ3v) is 3.52. The van der Waals surface area contributed by atoms with Crippen molar-refractivity contribution in [2.24, 2.45) is 9.98 Å². The van der Waals surface area contributed by atoms with E-state index in [-0.39, 0.29) is 11.5 Å². The van der Waals surface area contributed by atoms with E-state index in [4.69, 9.17) is 4.74 Å². The molecule has 0 aliphatic carbocycles. The summed E-state index contributed by atoms with van der Waals surface area (Å²) in [5, 5.41) is 19.8. The van der Waals surface area contributed by atoms with Gasteiger partial charge in [0.05, 0.1) is 20.2 Å². The minimum atomic E-state index is 0.0665. The molecule has 0 saturated carbocycles. The summed E-state index contributed by atoms with van der Waals surface area (Å²) in [6.07, 6.45) is 5.71. The highest BCUT2D eigenvalue weighted by Crippen LogP contribution is 2.30. The Morgan fingerprint density at radius 2 is 1.72 bits per heavy atom. The summed E-state index contributed by atoms with van der Waals surface area (Å²) in [4.78, 5) is 8.53. The van der Waals surface area contributed by atoms with Gasteiger partial charge in [0.15, 0.2) is 11.5 Å². The number of allylic oxidation sites excluding steroid dienone is 1. The molecule has 0 aliphatic heterocycles. The average molecular weight is 338 g/mol. The number of benzene rings is 2. The summed E-state index contributed by atoms with van der Waals surface area (Å²) in [5.41, 5.74) is 2.26. The van der Waals surface area contributed by atoms with E-state index in [2.05, 4.69) is 16.6 Å². The number of phenolic OH excluding ortho intramolecular Hbond substituents is 2. The predicted octanol–water partition coefficient (Wildman–Crippen LogP) is 3.37. The van der Waals surface area contributed by atoms with Crippen molar-refractivity contribution in [2.75, 3.05) is 20.2 Å². The molecule has 25 heavy (non-hydrogen) atoms. The van der Waals surface area contributed by atoms with Crippen molar-refractivity contribution in [1.29, 1.82) is 0 Å². The van der Waals surface area contributed by atoms with Gasteiger partial charge in [-0.25, -0.2) is 0 Å². The smallest absolute Gasteiger partial charge is 0.166 e. The first-order valence-corrected chi connectivity index (χ1v) is 7.94. The number of rotatable bonds is 8. The molecule has 0 radical (unpaired) electrons. The Morgan fingerprint density at radius 3 is 2.36 bits per heavy atom. The van der Waals surface area contributed by atoms with Gasteiger partial charge in [0, 0.05) is 23.6 Å². The van der Waals surface area contributed by atoms with Gasteiger partial charge in [-0.2, -0.15) is 0 Å². The zero-order valence-electron chi connectivity index (χ0n) is 14.2. The molecule has 0 amide bonds. The van der Waals surface area contributed by atoms with Crippen LogP contribution in [0.2, 0.25) is 0 Å². The van der Waals surface area contributed by atoms with E-state index in [0.717, 1.165) is 5.56 Å². The Bertz CT molecular complexity index is 783. The molecule has 2 aromatic carbocycles. The summed E-state index contributed by atoms with van der Waals surface area (Å²) in [6, 6.07) is 10.6. The monoisotopic (exact) mass is 338 g/mol. The fraction of sp³-hybridized carbons (Fsp3) is 0.200. The molecule has 2 aromatic rings. The van der Waals surface area contributed by atoms with Crippen LogP contribution in [0.4, 0.5) is 0 Å². The van der Waals surface area contributed by atoms with Crippen molar-refractivity contribution in [3.05, 3.63) is 65.7 Å². The number of methoxy groups -OCH3 is 1. The lowest BCUT2D eigenvalue weighted by molar-refractivity contribution is 0.372. The molecule has 0 spiro atoms. The molecular formula is C20H22N2O3. The molecule has 2 N–H and O–H groups in total. The normalized spacial score (nSPS) is 11.2. The van der Waals surface area contributed by atoms with Crippen LogP contribution in [0, 0.1) is 0 Å². The molecule has 0 atom stereocenters. The largest absolute Gasteiger partial charge is 0.507 e. The Labute approximate surface area is 147 Å². The highest BCUT2D eigenvalue weighted by molar-refractivity contribution is 5.85. The first-order valence-electron chi connectivity index (χ1n) is 7.94. The molecule has 0 heterocycles. The summed E-state index contributed by atoms with van der Waals surface area (Å²) < 4.78 is 5.18. The van der Waals surface area contributed by atoms with Crippen LogP contribution in [-0.2, 0) is 6.42 Å². The average Bonchev–Trinajstić information content (AvgIpc) is 2.61. The number of aromatic hydroxyl groups is 2. The van der Waals surface area contributed by atoms with Gasteiger partial charge in [0.25, 0.3) is 0 Å². The van der Waals surface area contributed by atoms with Crippen LogP contribution in [0.15, 0.2) is 59.0 Å². The second-order valence-corrected chi connectivity index (χ2v) is 5.36. The minimum absolute atomic E-state index is 0.0665. The van der Waals surface area contributed by atoms with Gasteiger partial charge in [-0.3, -0.25) is 9.98 Å². The van der Waals surface area contributed by atoms with Crippen molar-refractivity contribution in [3.8, 4) is 17.2 Å². The lowest BCUT2D eigenvalue weighted by Gasteiger charge is -2.08. The lowest BCUT2D eigenvalue weighted by atomic mass is 10.1. The van der Waals surface area contributed by atoms with Gasteiger partial charge in [0.1, 0.15) is 5.75 Å². The fourth-order valence-electron chi connectivity index (χ4n) is 2.27. The van der Waals surface area contributed by atoms with Crippen LogP contribution >= 0.6 is 0 Å². The van der Waals surface area contributed by atoms with Crippen LogP contribution in [0.5, 0.6) is 17.2 Å². The fourth-order valence-corrected chi connectivity index (χ4v) is 2.27. The van der Waals surface area contributed by atoms with Gasteiger partial charge in [-0.15, -0.1) is 6.58 Å². The zero-order chi connectivity index (χ0) is 18.1. The van der Waals surface area contributed by atoms with Crippen LogP contribution in [0.1, 0.15) is 16.7 Å². The molecule has 0 aromatic heterocycles. The number of hydrogen-bond donors (Lipinski definition) is 2. The molecule has 130 valence electrons. The van der Waals surface area contributed by atoms with Crippen molar-refractivity contribution >= 4 is 12.4 Å². The Morgan fingerprint density at radius 1 is 1.04 bits per heavy atom. The van der Waals surface area contributed by atoms with Crippen molar-refractivity contribution in [1.82, 2.24) is 0 Å². The first-order chi connectivity index (χ1) is 12.2. The highest BCUT2D eigenvalue weighted by Gasteiger charge is 2.08. The lowest BCUT2D eigenvalue weighted by Crippen LogP contribution is -1.95. The summed E-state index contributed by atoms with van der Waals surface area (Å²) >= 11 is 0. The van der Waals surface area contributed by atoms with Crippen molar-refractivity contribution in [3.63, 3.8) is 0 Å². The molecule has 2 rings (SSSR count). The molecule has 5 heteroatoms. The molecule has 0 fully saturated rings. The molecule has 0 saturated heterocycles. The quantitative estimate of drug-likeness (QED) is 0.440. The second-order valence-electron chi connectivity index (χ2n) is 5.36. The molecule has 0 bridgehead atoms. The van der Waals surface area contributed by atoms with Crippen LogP contribution in [0.3, 0.4) is 0 Å². The number of phenols is 2. The third-order valence-electron chi connectivity index (χ3n) is 3.52. The number of nitrogens with zero attached hydrogens (tertiary/aromatic N) is 2. The zero-order valence-corrected chi connectivity index (χ0v) is 14.2. The van der Waals surface area contributed by atoms with E-state index in [1.807, 2.05) is 12.1 Å². The van der Waals surface area contributed by atoms with Crippen molar-refractivity contribution < 1.29 is 14.9 Å². The van der Waals surface area contributed by atoms with E-state index < -0.39 is 0 Å². The van der Waals surface area contributed by atoms with E-state index in [1.165, 1.54) is 7.11 Å².